The van der Waals surface area contributed by atoms with E-state index in [-0.39, 0.29) is 28.8 Å². The third-order valence-electron chi connectivity index (χ3n) is 10.7. The number of carboxylic acids is 1. The molecule has 1 aliphatic heterocycles. The molecule has 2 aromatic carbocycles. The zero-order valence-electron chi connectivity index (χ0n) is 25.7. The van der Waals surface area contributed by atoms with Crippen LogP contribution in [-0.4, -0.2) is 58.2 Å². The first-order valence-corrected chi connectivity index (χ1v) is 17.7. The van der Waals surface area contributed by atoms with E-state index < -0.39 is 21.4 Å². The molecule has 0 amide bonds. The molecule has 6 rings (SSSR count). The number of benzene rings is 2. The predicted molar refractivity (Wildman–Crippen MR) is 172 cm³/mol. The standard InChI is InChI=1S/C34H43ClN2O6S/c1-33(2,20-44(36,40)41)25-13-24(14-25)31(42-3)27-9-6-23(27)17-37-18-34(12-4-5-21-15-26(35)8-10-28(21)34)19-43-30-11-7-22(32(38)39)16-29(30)37/h7-8,10-11,13,15-16,23,25,27,31H,4-6,9,12,14,17-20H2,1-3H3,(H,38,39)(H2,36,40,41)/t23-,25+,27+,31-,34-/m0/s1. The van der Waals surface area contributed by atoms with E-state index in [2.05, 4.69) is 23.1 Å². The number of anilines is 1. The second kappa shape index (κ2) is 11.6. The van der Waals surface area contributed by atoms with Crippen molar-refractivity contribution in [1.82, 2.24) is 0 Å². The molecule has 0 unspecified atom stereocenters. The van der Waals surface area contributed by atoms with Gasteiger partial charge in [-0.3, -0.25) is 0 Å². The van der Waals surface area contributed by atoms with Crippen LogP contribution in [0.4, 0.5) is 5.69 Å². The van der Waals surface area contributed by atoms with Gasteiger partial charge in [-0.05, 0) is 109 Å². The number of sulfonamides is 1. The van der Waals surface area contributed by atoms with Crippen LogP contribution in [0.25, 0.3) is 0 Å². The third-order valence-corrected chi connectivity index (χ3v) is 12.1. The van der Waals surface area contributed by atoms with Crippen molar-refractivity contribution < 1.29 is 27.8 Å². The maximum Gasteiger partial charge on any atom is 0.335 e. The Morgan fingerprint density at radius 2 is 2.02 bits per heavy atom. The summed E-state index contributed by atoms with van der Waals surface area (Å²) in [6.07, 6.45) is 8.07. The van der Waals surface area contributed by atoms with Gasteiger partial charge >= 0.3 is 5.97 Å². The molecule has 1 fully saturated rings. The fourth-order valence-electron chi connectivity index (χ4n) is 8.17. The number of primary sulfonamides is 1. The van der Waals surface area contributed by atoms with E-state index in [4.69, 9.17) is 26.2 Å². The first-order valence-electron chi connectivity index (χ1n) is 15.6. The highest BCUT2D eigenvalue weighted by atomic mass is 35.5. The molecule has 44 heavy (non-hydrogen) atoms. The summed E-state index contributed by atoms with van der Waals surface area (Å²) in [6.45, 7) is 5.93. The van der Waals surface area contributed by atoms with E-state index in [0.29, 0.717) is 24.2 Å². The smallest absolute Gasteiger partial charge is 0.335 e. The lowest BCUT2D eigenvalue weighted by Gasteiger charge is -2.49. The van der Waals surface area contributed by atoms with Crippen molar-refractivity contribution in [2.24, 2.45) is 28.3 Å². The average Bonchev–Trinajstić information content (AvgIpc) is 3.05. The molecule has 3 aliphatic carbocycles. The summed E-state index contributed by atoms with van der Waals surface area (Å²) in [6, 6.07) is 11.4. The van der Waals surface area contributed by atoms with Gasteiger partial charge in [0.15, 0.2) is 0 Å². The second-order valence-corrected chi connectivity index (χ2v) is 16.1. The minimum atomic E-state index is -3.57. The first kappa shape index (κ1) is 31.4. The molecule has 238 valence electrons. The largest absolute Gasteiger partial charge is 0.490 e. The number of hydrogen-bond donors (Lipinski definition) is 2. The SMILES string of the molecule is CO[C@@H](C1=C[C@@H](C(C)(C)CS(N)(=O)=O)C1)[C@@H]1CC[C@H]1CN1C[C@@]2(CCCc3cc(Cl)ccc32)COc2ccc(C(=O)O)cc21. The van der Waals surface area contributed by atoms with E-state index >= 15 is 0 Å². The molecule has 0 radical (unpaired) electrons. The van der Waals surface area contributed by atoms with Gasteiger partial charge in [0.05, 0.1) is 29.7 Å². The van der Waals surface area contributed by atoms with Crippen molar-refractivity contribution in [3.63, 3.8) is 0 Å². The number of methoxy groups -OCH3 is 1. The number of hydrogen-bond acceptors (Lipinski definition) is 6. The minimum Gasteiger partial charge on any atom is -0.490 e. The average molecular weight is 643 g/mol. The normalized spacial score (nSPS) is 27.2. The molecule has 0 bridgehead atoms. The first-order chi connectivity index (χ1) is 20.8. The highest BCUT2D eigenvalue weighted by Gasteiger charge is 2.47. The van der Waals surface area contributed by atoms with E-state index in [1.54, 1.807) is 25.3 Å². The Bertz CT molecular complexity index is 1590. The van der Waals surface area contributed by atoms with Crippen LogP contribution in [-0.2, 0) is 26.6 Å². The van der Waals surface area contributed by atoms with Crippen LogP contribution < -0.4 is 14.8 Å². The van der Waals surface area contributed by atoms with Crippen LogP contribution in [0.3, 0.4) is 0 Å². The minimum absolute atomic E-state index is 0.0326. The van der Waals surface area contributed by atoms with E-state index in [1.165, 1.54) is 16.7 Å². The Balaban J connectivity index is 1.28. The number of aryl methyl sites for hydroxylation is 1. The van der Waals surface area contributed by atoms with Crippen LogP contribution >= 0.6 is 11.6 Å². The molecule has 1 spiro atoms. The third kappa shape index (κ3) is 6.00. The van der Waals surface area contributed by atoms with Gasteiger partial charge in [-0.15, -0.1) is 0 Å². The molecule has 0 saturated heterocycles. The zero-order valence-corrected chi connectivity index (χ0v) is 27.3. The molecular weight excluding hydrogens is 600 g/mol. The molecule has 1 saturated carbocycles. The summed E-state index contributed by atoms with van der Waals surface area (Å²) in [5.74, 6) is 0.510. The quantitative estimate of drug-likeness (QED) is 0.331. The fraction of sp³-hybridized carbons (Fsp3) is 0.559. The van der Waals surface area contributed by atoms with Crippen molar-refractivity contribution in [2.75, 3.05) is 37.5 Å². The number of halogens is 1. The number of nitrogens with two attached hydrogens (primary N) is 1. The van der Waals surface area contributed by atoms with E-state index in [9.17, 15) is 18.3 Å². The molecule has 2 aromatic rings. The van der Waals surface area contributed by atoms with Gasteiger partial charge in [-0.1, -0.05) is 37.6 Å². The lowest BCUT2D eigenvalue weighted by molar-refractivity contribution is -0.00186. The Labute approximate surface area is 265 Å². The van der Waals surface area contributed by atoms with E-state index in [0.717, 1.165) is 62.3 Å². The van der Waals surface area contributed by atoms with Gasteiger partial charge < -0.3 is 19.5 Å². The molecule has 5 atom stereocenters. The van der Waals surface area contributed by atoms with Gasteiger partial charge in [-0.2, -0.15) is 0 Å². The van der Waals surface area contributed by atoms with Crippen LogP contribution in [0.5, 0.6) is 5.75 Å². The number of aromatic carboxylic acids is 1. The molecule has 4 aliphatic rings. The van der Waals surface area contributed by atoms with Crippen molar-refractivity contribution in [3.8, 4) is 5.75 Å². The van der Waals surface area contributed by atoms with Gasteiger partial charge in [0.1, 0.15) is 5.75 Å². The highest BCUT2D eigenvalue weighted by Crippen LogP contribution is 2.50. The van der Waals surface area contributed by atoms with Crippen LogP contribution in [0.2, 0.25) is 5.02 Å². The predicted octanol–water partition coefficient (Wildman–Crippen LogP) is 5.81. The lowest BCUT2D eigenvalue weighted by Crippen LogP contribution is -2.50. The fourth-order valence-corrected chi connectivity index (χ4v) is 9.61. The molecule has 8 nitrogen and oxygen atoms in total. The molecule has 3 N–H and O–H groups in total. The molecule has 1 heterocycles. The van der Waals surface area contributed by atoms with Gasteiger partial charge in [0, 0.05) is 30.6 Å². The Hall–Kier alpha value is -2.59. The van der Waals surface area contributed by atoms with Gasteiger partial charge in [-0.25, -0.2) is 18.4 Å². The summed E-state index contributed by atoms with van der Waals surface area (Å²) in [5.41, 5.74) is 4.17. The zero-order chi connectivity index (χ0) is 31.4. The van der Waals surface area contributed by atoms with E-state index in [1.807, 2.05) is 19.9 Å². The number of carboxylic acid groups (broad SMARTS) is 1. The van der Waals surface area contributed by atoms with Gasteiger partial charge in [0.2, 0.25) is 10.0 Å². The Morgan fingerprint density at radius 3 is 2.68 bits per heavy atom. The van der Waals surface area contributed by atoms with Crippen LogP contribution in [0.15, 0.2) is 48.0 Å². The van der Waals surface area contributed by atoms with Crippen molar-refractivity contribution in [2.45, 2.75) is 63.9 Å². The van der Waals surface area contributed by atoms with Crippen molar-refractivity contribution in [3.05, 3.63) is 69.8 Å². The number of ether oxygens (including phenoxy) is 2. The number of fused-ring (bicyclic) bond motifs is 3. The molecule has 0 aromatic heterocycles. The maximum atomic E-state index is 12.0. The summed E-state index contributed by atoms with van der Waals surface area (Å²) in [4.78, 5) is 14.4. The number of allylic oxidation sites excluding steroid dienone is 1. The number of nitrogens with zero attached hydrogens (tertiary/aromatic N) is 1. The number of rotatable bonds is 9. The van der Waals surface area contributed by atoms with Crippen LogP contribution in [0.1, 0.15) is 67.4 Å². The number of carbonyl (C=O) groups is 1. The van der Waals surface area contributed by atoms with Crippen molar-refractivity contribution >= 4 is 33.3 Å². The summed E-state index contributed by atoms with van der Waals surface area (Å²) >= 11 is 6.40. The summed E-state index contributed by atoms with van der Waals surface area (Å²) < 4.78 is 36.2. The highest BCUT2D eigenvalue weighted by molar-refractivity contribution is 7.89. The lowest BCUT2D eigenvalue weighted by atomic mass is 9.62. The Kier molecular flexibility index (Phi) is 8.31. The van der Waals surface area contributed by atoms with Crippen LogP contribution in [0, 0.1) is 23.2 Å². The summed E-state index contributed by atoms with van der Waals surface area (Å²) in [5, 5.41) is 15.9. The Morgan fingerprint density at radius 1 is 1.25 bits per heavy atom. The second-order valence-electron chi connectivity index (χ2n) is 14.1. The van der Waals surface area contributed by atoms with Gasteiger partial charge in [0.25, 0.3) is 0 Å². The monoisotopic (exact) mass is 642 g/mol. The maximum absolute atomic E-state index is 12.0. The molecular formula is C34H43ClN2O6S. The molecule has 10 heteroatoms. The summed E-state index contributed by atoms with van der Waals surface area (Å²) in [7, 11) is -1.81. The van der Waals surface area contributed by atoms with Crippen molar-refractivity contribution in [1.29, 1.82) is 0 Å². The topological polar surface area (TPSA) is 119 Å².